The van der Waals surface area contributed by atoms with E-state index in [-0.39, 0.29) is 0 Å². The van der Waals surface area contributed by atoms with Gasteiger partial charge in [0.25, 0.3) is 0 Å². The van der Waals surface area contributed by atoms with Crippen LogP contribution in [-0.2, 0) is 6.42 Å². The SMILES string of the molecule is c1ccc(-n2c3ccccc3c3cc4c5c(c(-c6cccc7c6c6ccccc6n7-c6ccccc6)cc4cc32)CCN=N5)cc1. The van der Waals surface area contributed by atoms with Gasteiger partial charge in [-0.2, -0.15) is 10.2 Å². The second-order valence-electron chi connectivity index (χ2n) is 12.1. The van der Waals surface area contributed by atoms with Crippen molar-refractivity contribution in [2.75, 3.05) is 6.54 Å². The zero-order chi connectivity index (χ0) is 30.2. The van der Waals surface area contributed by atoms with Gasteiger partial charge in [-0.1, -0.05) is 84.9 Å². The molecule has 2 aromatic heterocycles. The van der Waals surface area contributed by atoms with Crippen LogP contribution in [0.1, 0.15) is 5.56 Å². The summed E-state index contributed by atoms with van der Waals surface area (Å²) in [5.41, 5.74) is 11.9. The standard InChI is InChI=1S/C42H28N4/c1-3-12-28(13-4-1)45-38-20-10-8-17-33(38)41-31(18-11-21-39(41)45)35-24-27-25-40-36(26-34(27)42-32(35)22-23-43-44-42)30-16-7-9-19-37(30)46(40)29-14-5-2-6-15-29/h1-21,24-26H,22-23H2. The van der Waals surface area contributed by atoms with Crippen molar-refractivity contribution in [2.45, 2.75) is 6.42 Å². The first-order chi connectivity index (χ1) is 22.8. The average molecular weight is 589 g/mol. The summed E-state index contributed by atoms with van der Waals surface area (Å²) in [5, 5.41) is 16.8. The van der Waals surface area contributed by atoms with Gasteiger partial charge in [-0.3, -0.25) is 0 Å². The quantitative estimate of drug-likeness (QED) is 0.197. The van der Waals surface area contributed by atoms with E-state index in [2.05, 4.69) is 160 Å². The molecule has 0 N–H and O–H groups in total. The number of rotatable bonds is 3. The highest BCUT2D eigenvalue weighted by atomic mass is 15.1. The number of azo groups is 1. The molecule has 9 aromatic rings. The third kappa shape index (κ3) is 3.55. The molecule has 1 aliphatic heterocycles. The van der Waals surface area contributed by atoms with Crippen LogP contribution in [-0.4, -0.2) is 15.7 Å². The zero-order valence-electron chi connectivity index (χ0n) is 25.1. The van der Waals surface area contributed by atoms with Crippen molar-refractivity contribution in [1.29, 1.82) is 0 Å². The van der Waals surface area contributed by atoms with Gasteiger partial charge in [-0.05, 0) is 89.2 Å². The Hall–Kier alpha value is -6.00. The van der Waals surface area contributed by atoms with Crippen molar-refractivity contribution in [3.8, 4) is 22.5 Å². The van der Waals surface area contributed by atoms with Crippen molar-refractivity contribution in [3.63, 3.8) is 0 Å². The Labute approximate surface area is 265 Å². The summed E-state index contributed by atoms with van der Waals surface area (Å²) in [6.45, 7) is 0.697. The molecule has 46 heavy (non-hydrogen) atoms. The van der Waals surface area contributed by atoms with Crippen LogP contribution in [0.4, 0.5) is 5.69 Å². The Morgan fingerprint density at radius 1 is 0.457 bits per heavy atom. The van der Waals surface area contributed by atoms with E-state index in [1.807, 2.05) is 0 Å². The molecule has 4 nitrogen and oxygen atoms in total. The maximum absolute atomic E-state index is 4.87. The van der Waals surface area contributed by atoms with Crippen LogP contribution in [0.15, 0.2) is 156 Å². The number of hydrogen-bond donors (Lipinski definition) is 0. The summed E-state index contributed by atoms with van der Waals surface area (Å²) >= 11 is 0. The molecular formula is C42H28N4. The summed E-state index contributed by atoms with van der Waals surface area (Å²) < 4.78 is 4.78. The molecule has 0 unspecified atom stereocenters. The van der Waals surface area contributed by atoms with Gasteiger partial charge in [0.05, 0.1) is 34.3 Å². The van der Waals surface area contributed by atoms with Gasteiger partial charge < -0.3 is 9.13 Å². The molecule has 0 saturated carbocycles. The van der Waals surface area contributed by atoms with E-state index in [1.165, 1.54) is 65.7 Å². The topological polar surface area (TPSA) is 34.6 Å². The Balaban J connectivity index is 1.32. The van der Waals surface area contributed by atoms with Crippen LogP contribution in [0.5, 0.6) is 0 Å². The predicted molar refractivity (Wildman–Crippen MR) is 191 cm³/mol. The molecule has 0 saturated heterocycles. The van der Waals surface area contributed by atoms with E-state index in [0.717, 1.165) is 28.9 Å². The molecule has 0 fully saturated rings. The van der Waals surface area contributed by atoms with E-state index in [1.54, 1.807) is 0 Å². The van der Waals surface area contributed by atoms with Crippen LogP contribution >= 0.6 is 0 Å². The zero-order valence-corrected chi connectivity index (χ0v) is 25.1. The third-order valence-electron chi connectivity index (χ3n) is 9.66. The molecule has 7 aromatic carbocycles. The van der Waals surface area contributed by atoms with E-state index in [9.17, 15) is 0 Å². The van der Waals surface area contributed by atoms with Crippen molar-refractivity contribution in [1.82, 2.24) is 9.13 Å². The number of benzene rings is 7. The molecular weight excluding hydrogens is 560 g/mol. The Morgan fingerprint density at radius 3 is 1.85 bits per heavy atom. The minimum Gasteiger partial charge on any atom is -0.309 e. The molecule has 0 spiro atoms. The Bertz CT molecular complexity index is 2680. The number of para-hydroxylation sites is 4. The van der Waals surface area contributed by atoms with Crippen molar-refractivity contribution in [2.24, 2.45) is 10.2 Å². The van der Waals surface area contributed by atoms with Crippen LogP contribution in [0.3, 0.4) is 0 Å². The van der Waals surface area contributed by atoms with Crippen molar-refractivity contribution in [3.05, 3.63) is 151 Å². The molecule has 10 rings (SSSR count). The van der Waals surface area contributed by atoms with Crippen molar-refractivity contribution < 1.29 is 0 Å². The number of hydrogen-bond acceptors (Lipinski definition) is 2. The van der Waals surface area contributed by atoms with Crippen LogP contribution in [0.2, 0.25) is 0 Å². The van der Waals surface area contributed by atoms with Gasteiger partial charge in [-0.15, -0.1) is 0 Å². The monoisotopic (exact) mass is 588 g/mol. The predicted octanol–water partition coefficient (Wildman–Crippen LogP) is 11.3. The van der Waals surface area contributed by atoms with Crippen molar-refractivity contribution >= 4 is 60.1 Å². The maximum atomic E-state index is 4.87. The molecule has 1 aliphatic rings. The minimum absolute atomic E-state index is 0.697. The van der Waals surface area contributed by atoms with E-state index in [4.69, 9.17) is 5.11 Å². The molecule has 216 valence electrons. The summed E-state index contributed by atoms with van der Waals surface area (Å²) in [5.74, 6) is 0. The average Bonchev–Trinajstić information content (AvgIpc) is 3.64. The normalized spacial score (nSPS) is 13.0. The summed E-state index contributed by atoms with van der Waals surface area (Å²) in [6.07, 6.45) is 0.863. The second kappa shape index (κ2) is 9.75. The fourth-order valence-corrected chi connectivity index (χ4v) is 7.73. The van der Waals surface area contributed by atoms with E-state index < -0.39 is 0 Å². The van der Waals surface area contributed by atoms with Gasteiger partial charge in [0.1, 0.15) is 0 Å². The second-order valence-corrected chi connectivity index (χ2v) is 12.1. The molecule has 0 atom stereocenters. The smallest absolute Gasteiger partial charge is 0.0969 e. The van der Waals surface area contributed by atoms with Gasteiger partial charge in [0.15, 0.2) is 0 Å². The van der Waals surface area contributed by atoms with Gasteiger partial charge >= 0.3 is 0 Å². The number of fused-ring (bicyclic) bond motifs is 9. The highest BCUT2D eigenvalue weighted by Crippen LogP contribution is 2.46. The third-order valence-corrected chi connectivity index (χ3v) is 9.66. The molecule has 3 heterocycles. The summed E-state index contributed by atoms with van der Waals surface area (Å²) in [4.78, 5) is 0. The molecule has 4 heteroatoms. The highest BCUT2D eigenvalue weighted by molar-refractivity contribution is 6.19. The largest absolute Gasteiger partial charge is 0.309 e. The molecule has 0 radical (unpaired) electrons. The van der Waals surface area contributed by atoms with Crippen LogP contribution in [0.25, 0.3) is 76.9 Å². The lowest BCUT2D eigenvalue weighted by Gasteiger charge is -2.19. The van der Waals surface area contributed by atoms with E-state index in [0.29, 0.717) is 6.54 Å². The molecule has 0 aliphatic carbocycles. The Kier molecular flexibility index (Phi) is 5.37. The number of aromatic nitrogens is 2. The number of nitrogens with zero attached hydrogens (tertiary/aromatic N) is 4. The van der Waals surface area contributed by atoms with Gasteiger partial charge in [0, 0.05) is 38.3 Å². The van der Waals surface area contributed by atoms with Crippen LogP contribution in [0, 0.1) is 0 Å². The fraction of sp³-hybridized carbons (Fsp3) is 0.0476. The first kappa shape index (κ1) is 25.3. The minimum atomic E-state index is 0.697. The van der Waals surface area contributed by atoms with E-state index >= 15 is 0 Å². The summed E-state index contributed by atoms with van der Waals surface area (Å²) in [7, 11) is 0. The van der Waals surface area contributed by atoms with Crippen LogP contribution < -0.4 is 0 Å². The maximum Gasteiger partial charge on any atom is 0.0969 e. The fourth-order valence-electron chi connectivity index (χ4n) is 7.73. The lowest BCUT2D eigenvalue weighted by Crippen LogP contribution is -2.00. The lowest BCUT2D eigenvalue weighted by atomic mass is 9.89. The lowest BCUT2D eigenvalue weighted by molar-refractivity contribution is 0.868. The first-order valence-corrected chi connectivity index (χ1v) is 15.9. The van der Waals surface area contributed by atoms with Gasteiger partial charge in [0.2, 0.25) is 0 Å². The summed E-state index contributed by atoms with van der Waals surface area (Å²) in [6, 6.07) is 52.7. The molecule has 0 amide bonds. The first-order valence-electron chi connectivity index (χ1n) is 15.9. The Morgan fingerprint density at radius 2 is 1.09 bits per heavy atom. The highest BCUT2D eigenvalue weighted by Gasteiger charge is 2.23. The molecule has 0 bridgehead atoms. The van der Waals surface area contributed by atoms with Gasteiger partial charge in [-0.25, -0.2) is 0 Å².